The molecule has 0 aliphatic carbocycles. The number of carboxylic acids is 1. The van der Waals surface area contributed by atoms with Gasteiger partial charge >= 0.3 is 5.97 Å². The molecule has 0 heterocycles. The summed E-state index contributed by atoms with van der Waals surface area (Å²) in [6.07, 6.45) is 3.17. The molecular weight excluding hydrogens is 432 g/mol. The summed E-state index contributed by atoms with van der Waals surface area (Å²) in [6.45, 7) is 0. The normalized spacial score (nSPS) is 11.2. The summed E-state index contributed by atoms with van der Waals surface area (Å²) >= 11 is 0. The number of hydrogen-bond acceptors (Lipinski definition) is 5. The van der Waals surface area contributed by atoms with E-state index in [2.05, 4.69) is 0 Å². The highest BCUT2D eigenvalue weighted by Crippen LogP contribution is 2.39. The largest absolute Gasteiger partial charge is 0.497 e. The van der Waals surface area contributed by atoms with Gasteiger partial charge in [0, 0.05) is 6.42 Å². The van der Waals surface area contributed by atoms with Crippen molar-refractivity contribution in [1.82, 2.24) is 0 Å². The van der Waals surface area contributed by atoms with Crippen molar-refractivity contribution in [2.75, 3.05) is 21.3 Å². The van der Waals surface area contributed by atoms with Crippen molar-refractivity contribution in [2.24, 2.45) is 0 Å². The van der Waals surface area contributed by atoms with Crippen LogP contribution in [-0.2, 0) is 16.8 Å². The van der Waals surface area contributed by atoms with Crippen LogP contribution in [0.5, 0.6) is 17.2 Å². The quantitative estimate of drug-likeness (QED) is 0.284. The second-order valence-corrected chi connectivity index (χ2v) is 8.15. The minimum Gasteiger partial charge on any atom is -0.497 e. The number of hydrogen-bond donors (Lipinski definition) is 2. The van der Waals surface area contributed by atoms with Crippen LogP contribution in [0.2, 0.25) is 0 Å². The average Bonchev–Trinajstić information content (AvgIpc) is 2.87. The molecule has 6 nitrogen and oxygen atoms in total. The van der Waals surface area contributed by atoms with Crippen molar-refractivity contribution < 1.29 is 29.2 Å². The Balaban J connectivity index is 2.01. The molecule has 180 valence electrons. The molecular formula is C28H32O6. The molecule has 0 aromatic heterocycles. The van der Waals surface area contributed by atoms with E-state index in [1.165, 1.54) is 0 Å². The number of aryl methyl sites for hydroxylation is 1. The zero-order valence-electron chi connectivity index (χ0n) is 19.9. The first-order valence-electron chi connectivity index (χ1n) is 11.3. The smallest absolute Gasteiger partial charge is 0.303 e. The van der Waals surface area contributed by atoms with Crippen LogP contribution in [0, 0.1) is 0 Å². The molecule has 3 rings (SSSR count). The number of benzene rings is 3. The molecule has 0 aliphatic rings. The number of ether oxygens (including phenoxy) is 3. The Morgan fingerprint density at radius 3 is 1.74 bits per heavy atom. The number of methoxy groups -OCH3 is 3. The summed E-state index contributed by atoms with van der Waals surface area (Å²) in [4.78, 5) is 10.8. The van der Waals surface area contributed by atoms with E-state index < -0.39 is 11.6 Å². The maximum absolute atomic E-state index is 12.2. The van der Waals surface area contributed by atoms with Crippen LogP contribution >= 0.6 is 0 Å². The molecule has 0 fully saturated rings. The first-order chi connectivity index (χ1) is 16.4. The number of carboxylic acid groups (broad SMARTS) is 1. The molecule has 34 heavy (non-hydrogen) atoms. The average molecular weight is 465 g/mol. The molecule has 6 heteroatoms. The molecule has 0 aliphatic heterocycles. The molecule has 0 saturated carbocycles. The van der Waals surface area contributed by atoms with E-state index in [9.17, 15) is 9.90 Å². The van der Waals surface area contributed by atoms with E-state index in [0.29, 0.717) is 34.6 Å². The minimum atomic E-state index is -1.41. The van der Waals surface area contributed by atoms with Gasteiger partial charge in [0.1, 0.15) is 22.8 Å². The fourth-order valence-electron chi connectivity index (χ4n) is 4.13. The summed E-state index contributed by atoms with van der Waals surface area (Å²) in [5.41, 5.74) is 1.68. The van der Waals surface area contributed by atoms with Gasteiger partial charge in [0.05, 0.1) is 21.3 Å². The Bertz CT molecular complexity index is 1030. The molecule has 3 aromatic rings. The number of aliphatic carboxylic acids is 1. The summed E-state index contributed by atoms with van der Waals surface area (Å²) in [5, 5.41) is 21.1. The van der Waals surface area contributed by atoms with Crippen molar-refractivity contribution in [3.63, 3.8) is 0 Å². The molecule has 0 bridgehead atoms. The Labute approximate surface area is 200 Å². The zero-order valence-corrected chi connectivity index (χ0v) is 19.9. The van der Waals surface area contributed by atoms with E-state index in [0.717, 1.165) is 30.6 Å². The van der Waals surface area contributed by atoms with E-state index >= 15 is 0 Å². The van der Waals surface area contributed by atoms with Gasteiger partial charge < -0.3 is 24.4 Å². The summed E-state index contributed by atoms with van der Waals surface area (Å²) in [7, 11) is 4.84. The highest BCUT2D eigenvalue weighted by Gasteiger charge is 2.34. The summed E-state index contributed by atoms with van der Waals surface area (Å²) in [5.74, 6) is 1.38. The van der Waals surface area contributed by atoms with Gasteiger partial charge in [0.2, 0.25) is 0 Å². The highest BCUT2D eigenvalue weighted by molar-refractivity contribution is 5.66. The van der Waals surface area contributed by atoms with Crippen LogP contribution in [0.1, 0.15) is 47.9 Å². The van der Waals surface area contributed by atoms with Gasteiger partial charge in [0.15, 0.2) is 0 Å². The third-order valence-corrected chi connectivity index (χ3v) is 6.05. The first kappa shape index (κ1) is 25.1. The second-order valence-electron chi connectivity index (χ2n) is 8.15. The zero-order chi connectivity index (χ0) is 24.6. The van der Waals surface area contributed by atoms with Crippen LogP contribution in [0.3, 0.4) is 0 Å². The molecule has 0 spiro atoms. The van der Waals surface area contributed by atoms with Crippen LogP contribution in [0.4, 0.5) is 0 Å². The number of aliphatic hydroxyl groups is 1. The Kier molecular flexibility index (Phi) is 8.55. The van der Waals surface area contributed by atoms with Gasteiger partial charge in [-0.15, -0.1) is 0 Å². The molecule has 0 atom stereocenters. The fraction of sp³-hybridized carbons (Fsp3) is 0.321. The lowest BCUT2D eigenvalue weighted by Gasteiger charge is -2.31. The van der Waals surface area contributed by atoms with Crippen molar-refractivity contribution in [3.8, 4) is 17.2 Å². The van der Waals surface area contributed by atoms with Gasteiger partial charge in [-0.2, -0.15) is 0 Å². The van der Waals surface area contributed by atoms with E-state index in [1.807, 2.05) is 66.7 Å². The van der Waals surface area contributed by atoms with Gasteiger partial charge in [-0.05, 0) is 77.9 Å². The van der Waals surface area contributed by atoms with Crippen LogP contribution in [0.15, 0.2) is 66.7 Å². The Hall–Kier alpha value is -3.51. The predicted octanol–water partition coefficient (Wildman–Crippen LogP) is 5.18. The minimum absolute atomic E-state index is 0.172. The molecule has 2 N–H and O–H groups in total. The monoisotopic (exact) mass is 464 g/mol. The second kappa shape index (κ2) is 11.6. The van der Waals surface area contributed by atoms with Gasteiger partial charge in [-0.3, -0.25) is 4.79 Å². The van der Waals surface area contributed by atoms with E-state index in [4.69, 9.17) is 19.3 Å². The van der Waals surface area contributed by atoms with Gasteiger partial charge in [-0.25, -0.2) is 0 Å². The molecule has 0 radical (unpaired) electrons. The third-order valence-electron chi connectivity index (χ3n) is 6.05. The van der Waals surface area contributed by atoms with E-state index in [1.54, 1.807) is 21.3 Å². The van der Waals surface area contributed by atoms with Crippen LogP contribution in [0.25, 0.3) is 0 Å². The fourth-order valence-corrected chi connectivity index (χ4v) is 4.13. The summed E-state index contributed by atoms with van der Waals surface area (Å²) in [6, 6.07) is 20.5. The lowest BCUT2D eigenvalue weighted by atomic mass is 9.79. The molecule has 3 aromatic carbocycles. The maximum Gasteiger partial charge on any atom is 0.303 e. The standard InChI is InChI=1S/C28H32O6/c1-32-24-14-9-21(10-15-24)28(31,22-11-16-25(33-2)17-12-22)23-13-18-26(34-3)20(19-23)7-5-4-6-8-27(29)30/h9-19,31H,4-8H2,1-3H3,(H,29,30). The highest BCUT2D eigenvalue weighted by atomic mass is 16.5. The van der Waals surface area contributed by atoms with Crippen LogP contribution in [-0.4, -0.2) is 37.5 Å². The number of rotatable bonds is 12. The SMILES string of the molecule is COc1ccc(C(O)(c2ccc(OC)cc2)c2ccc(OC)c(CCCCCC(=O)O)c2)cc1. The van der Waals surface area contributed by atoms with Crippen molar-refractivity contribution >= 4 is 5.97 Å². The maximum atomic E-state index is 12.2. The van der Waals surface area contributed by atoms with E-state index in [-0.39, 0.29) is 6.42 Å². The summed E-state index contributed by atoms with van der Waals surface area (Å²) < 4.78 is 16.2. The third kappa shape index (κ3) is 5.69. The predicted molar refractivity (Wildman–Crippen MR) is 131 cm³/mol. The first-order valence-corrected chi connectivity index (χ1v) is 11.3. The van der Waals surface area contributed by atoms with Crippen molar-refractivity contribution in [3.05, 3.63) is 89.0 Å². The lowest BCUT2D eigenvalue weighted by molar-refractivity contribution is -0.137. The topological polar surface area (TPSA) is 85.2 Å². The van der Waals surface area contributed by atoms with Crippen molar-refractivity contribution in [2.45, 2.75) is 37.7 Å². The van der Waals surface area contributed by atoms with Gasteiger partial charge in [-0.1, -0.05) is 36.8 Å². The number of carbonyl (C=O) groups is 1. The lowest BCUT2D eigenvalue weighted by Crippen LogP contribution is -2.29. The van der Waals surface area contributed by atoms with Gasteiger partial charge in [0.25, 0.3) is 0 Å². The molecule has 0 unspecified atom stereocenters. The van der Waals surface area contributed by atoms with Crippen molar-refractivity contribution in [1.29, 1.82) is 0 Å². The molecule has 0 saturated heterocycles. The Morgan fingerprint density at radius 2 is 1.26 bits per heavy atom. The molecule has 0 amide bonds. The number of unbranched alkanes of at least 4 members (excludes halogenated alkanes) is 2. The Morgan fingerprint density at radius 1 is 0.735 bits per heavy atom. The van der Waals surface area contributed by atoms with Crippen LogP contribution < -0.4 is 14.2 Å².